The van der Waals surface area contributed by atoms with E-state index in [9.17, 15) is 18.3 Å². The van der Waals surface area contributed by atoms with Crippen molar-refractivity contribution < 1.29 is 18.3 Å². The Morgan fingerprint density at radius 3 is 2.43 bits per heavy atom. The molecular formula is C14H22N2O4S. The first-order valence-corrected chi connectivity index (χ1v) is 8.51. The number of carbonyl (C=O) groups is 1. The van der Waals surface area contributed by atoms with Gasteiger partial charge in [0.15, 0.2) is 0 Å². The van der Waals surface area contributed by atoms with Crippen LogP contribution in [0.1, 0.15) is 31.9 Å². The van der Waals surface area contributed by atoms with E-state index in [2.05, 4.69) is 10.0 Å². The van der Waals surface area contributed by atoms with Gasteiger partial charge in [0.05, 0.1) is 24.4 Å². The predicted octanol–water partition coefficient (Wildman–Crippen LogP) is 0.554. The number of amides is 1. The van der Waals surface area contributed by atoms with Crippen LogP contribution < -0.4 is 10.0 Å². The Morgan fingerprint density at radius 1 is 1.29 bits per heavy atom. The molecule has 0 spiro atoms. The molecule has 2 atom stereocenters. The number of nitrogens with one attached hydrogen (secondary N) is 2. The maximum atomic E-state index is 12.0. The van der Waals surface area contributed by atoms with E-state index in [1.54, 1.807) is 31.2 Å². The minimum absolute atomic E-state index is 0.0211. The molecule has 7 heteroatoms. The minimum atomic E-state index is -3.46. The SMILES string of the molecule is CCCS(=O)(=O)NC(C)C(=O)NC(CO)c1ccccc1. The zero-order chi connectivity index (χ0) is 15.9. The molecule has 0 aliphatic rings. The highest BCUT2D eigenvalue weighted by Crippen LogP contribution is 2.11. The second kappa shape index (κ2) is 8.11. The smallest absolute Gasteiger partial charge is 0.238 e. The number of aliphatic hydroxyl groups excluding tert-OH is 1. The van der Waals surface area contributed by atoms with Gasteiger partial charge in [0, 0.05) is 0 Å². The van der Waals surface area contributed by atoms with Crippen molar-refractivity contribution in [2.24, 2.45) is 0 Å². The summed E-state index contributed by atoms with van der Waals surface area (Å²) in [6.07, 6.45) is 0.479. The van der Waals surface area contributed by atoms with Gasteiger partial charge in [0.1, 0.15) is 0 Å². The van der Waals surface area contributed by atoms with Crippen molar-refractivity contribution in [3.05, 3.63) is 35.9 Å². The fourth-order valence-electron chi connectivity index (χ4n) is 1.87. The third-order valence-corrected chi connectivity index (χ3v) is 4.58. The molecule has 1 rings (SSSR count). The van der Waals surface area contributed by atoms with Crippen LogP contribution in [-0.2, 0) is 14.8 Å². The summed E-state index contributed by atoms with van der Waals surface area (Å²) in [5.74, 6) is -0.496. The van der Waals surface area contributed by atoms with Crippen molar-refractivity contribution in [2.75, 3.05) is 12.4 Å². The lowest BCUT2D eigenvalue weighted by atomic mass is 10.1. The number of sulfonamides is 1. The van der Waals surface area contributed by atoms with Crippen molar-refractivity contribution in [1.29, 1.82) is 0 Å². The highest BCUT2D eigenvalue weighted by atomic mass is 32.2. The van der Waals surface area contributed by atoms with Gasteiger partial charge < -0.3 is 10.4 Å². The Morgan fingerprint density at radius 2 is 1.90 bits per heavy atom. The lowest BCUT2D eigenvalue weighted by Gasteiger charge is -2.20. The van der Waals surface area contributed by atoms with E-state index in [1.165, 1.54) is 6.92 Å². The summed E-state index contributed by atoms with van der Waals surface area (Å²) < 4.78 is 25.6. The number of aliphatic hydroxyl groups is 1. The molecule has 0 aliphatic carbocycles. The van der Waals surface area contributed by atoms with Gasteiger partial charge in [-0.1, -0.05) is 37.3 Å². The number of hydrogen-bond acceptors (Lipinski definition) is 4. The summed E-state index contributed by atoms with van der Waals surface area (Å²) >= 11 is 0. The molecule has 0 bridgehead atoms. The first-order chi connectivity index (χ1) is 9.89. The standard InChI is InChI=1S/C14H22N2O4S/c1-3-9-21(19,20)16-11(2)14(18)15-13(10-17)12-7-5-4-6-8-12/h4-8,11,13,16-17H,3,9-10H2,1-2H3,(H,15,18). The summed E-state index contributed by atoms with van der Waals surface area (Å²) in [6.45, 7) is 2.97. The van der Waals surface area contributed by atoms with Gasteiger partial charge in [0.2, 0.25) is 15.9 Å². The number of benzene rings is 1. The average Bonchev–Trinajstić information content (AvgIpc) is 2.44. The van der Waals surface area contributed by atoms with E-state index < -0.39 is 28.0 Å². The second-order valence-electron chi connectivity index (χ2n) is 4.81. The van der Waals surface area contributed by atoms with Crippen LogP contribution in [0.5, 0.6) is 0 Å². The molecule has 2 unspecified atom stereocenters. The van der Waals surface area contributed by atoms with Crippen LogP contribution in [0.2, 0.25) is 0 Å². The Hall–Kier alpha value is -1.44. The third-order valence-electron chi connectivity index (χ3n) is 2.92. The Balaban J connectivity index is 2.66. The van der Waals surface area contributed by atoms with E-state index in [-0.39, 0.29) is 12.4 Å². The zero-order valence-electron chi connectivity index (χ0n) is 12.2. The molecule has 6 nitrogen and oxygen atoms in total. The first kappa shape index (κ1) is 17.6. The molecule has 0 saturated carbocycles. The molecule has 1 aromatic rings. The highest BCUT2D eigenvalue weighted by Gasteiger charge is 2.22. The Kier molecular flexibility index (Phi) is 6.80. The van der Waals surface area contributed by atoms with Crippen LogP contribution in [-0.4, -0.2) is 37.8 Å². The lowest BCUT2D eigenvalue weighted by Crippen LogP contribution is -2.46. The molecule has 1 aromatic carbocycles. The average molecular weight is 314 g/mol. The number of rotatable bonds is 8. The van der Waals surface area contributed by atoms with Gasteiger partial charge in [-0.15, -0.1) is 0 Å². The van der Waals surface area contributed by atoms with Crippen molar-refractivity contribution in [3.63, 3.8) is 0 Å². The normalized spacial score (nSPS) is 14.4. The van der Waals surface area contributed by atoms with E-state index >= 15 is 0 Å². The van der Waals surface area contributed by atoms with Gasteiger partial charge >= 0.3 is 0 Å². The fourth-order valence-corrected chi connectivity index (χ4v) is 3.17. The molecule has 0 aromatic heterocycles. The maximum absolute atomic E-state index is 12.0. The lowest BCUT2D eigenvalue weighted by molar-refractivity contribution is -0.123. The van der Waals surface area contributed by atoms with Gasteiger partial charge in [0.25, 0.3) is 0 Å². The topological polar surface area (TPSA) is 95.5 Å². The molecule has 0 heterocycles. The Labute approximate surface area is 125 Å². The monoisotopic (exact) mass is 314 g/mol. The third kappa shape index (κ3) is 5.82. The molecular weight excluding hydrogens is 292 g/mol. The molecule has 21 heavy (non-hydrogen) atoms. The van der Waals surface area contributed by atoms with Crippen molar-refractivity contribution in [2.45, 2.75) is 32.4 Å². The molecule has 118 valence electrons. The van der Waals surface area contributed by atoms with Crippen molar-refractivity contribution >= 4 is 15.9 Å². The molecule has 1 amide bonds. The summed E-state index contributed by atoms with van der Waals surface area (Å²) in [6, 6.07) is 7.56. The fraction of sp³-hybridized carbons (Fsp3) is 0.500. The van der Waals surface area contributed by atoms with E-state index in [1.807, 2.05) is 6.07 Å². The summed E-state index contributed by atoms with van der Waals surface area (Å²) in [4.78, 5) is 12.0. The number of hydrogen-bond donors (Lipinski definition) is 3. The summed E-state index contributed by atoms with van der Waals surface area (Å²) in [5, 5.41) is 12.0. The van der Waals surface area contributed by atoms with Crippen LogP contribution in [0.4, 0.5) is 0 Å². The van der Waals surface area contributed by atoms with Gasteiger partial charge in [-0.2, -0.15) is 0 Å². The first-order valence-electron chi connectivity index (χ1n) is 6.85. The molecule has 0 aliphatic heterocycles. The second-order valence-corrected chi connectivity index (χ2v) is 6.69. The zero-order valence-corrected chi connectivity index (χ0v) is 13.1. The molecule has 0 radical (unpaired) electrons. The summed E-state index contributed by atoms with van der Waals surface area (Å²) in [5.41, 5.74) is 0.761. The van der Waals surface area contributed by atoms with E-state index in [0.29, 0.717) is 6.42 Å². The largest absolute Gasteiger partial charge is 0.394 e. The van der Waals surface area contributed by atoms with Gasteiger partial charge in [-0.25, -0.2) is 13.1 Å². The van der Waals surface area contributed by atoms with E-state index in [0.717, 1.165) is 5.56 Å². The van der Waals surface area contributed by atoms with Crippen LogP contribution in [0.3, 0.4) is 0 Å². The number of carbonyl (C=O) groups excluding carboxylic acids is 1. The van der Waals surface area contributed by atoms with Crippen LogP contribution in [0.25, 0.3) is 0 Å². The van der Waals surface area contributed by atoms with Crippen molar-refractivity contribution in [1.82, 2.24) is 10.0 Å². The summed E-state index contributed by atoms with van der Waals surface area (Å²) in [7, 11) is -3.46. The predicted molar refractivity (Wildman–Crippen MR) is 81.1 cm³/mol. The van der Waals surface area contributed by atoms with Crippen LogP contribution in [0, 0.1) is 0 Å². The molecule has 3 N–H and O–H groups in total. The Bertz CT molecular complexity index is 545. The highest BCUT2D eigenvalue weighted by molar-refractivity contribution is 7.89. The van der Waals surface area contributed by atoms with E-state index in [4.69, 9.17) is 0 Å². The van der Waals surface area contributed by atoms with Gasteiger partial charge in [-0.05, 0) is 18.9 Å². The van der Waals surface area contributed by atoms with Crippen LogP contribution >= 0.6 is 0 Å². The maximum Gasteiger partial charge on any atom is 0.238 e. The minimum Gasteiger partial charge on any atom is -0.394 e. The van der Waals surface area contributed by atoms with Gasteiger partial charge in [-0.3, -0.25) is 4.79 Å². The van der Waals surface area contributed by atoms with Crippen molar-refractivity contribution in [3.8, 4) is 0 Å². The molecule has 0 fully saturated rings. The quantitative estimate of drug-likeness (QED) is 0.653. The molecule has 0 saturated heterocycles. The van der Waals surface area contributed by atoms with Crippen LogP contribution in [0.15, 0.2) is 30.3 Å².